The van der Waals surface area contributed by atoms with Crippen LogP contribution >= 0.6 is 11.3 Å². The number of hydrogen-bond acceptors (Lipinski definition) is 4. The van der Waals surface area contributed by atoms with Gasteiger partial charge >= 0.3 is 0 Å². The van der Waals surface area contributed by atoms with Crippen molar-refractivity contribution in [2.45, 2.75) is 6.04 Å². The lowest BCUT2D eigenvalue weighted by molar-refractivity contribution is 0.0937. The third kappa shape index (κ3) is 3.62. The molecule has 19 heavy (non-hydrogen) atoms. The van der Waals surface area contributed by atoms with Crippen LogP contribution in [0.25, 0.3) is 0 Å². The van der Waals surface area contributed by atoms with E-state index in [2.05, 4.69) is 26.6 Å². The van der Waals surface area contributed by atoms with Crippen LogP contribution in [-0.2, 0) is 0 Å². The van der Waals surface area contributed by atoms with Crippen LogP contribution in [0.3, 0.4) is 0 Å². The van der Waals surface area contributed by atoms with Gasteiger partial charge in [0.15, 0.2) is 0 Å². The molecule has 2 aromatic rings. The molecular formula is C14H17N3OS. The van der Waals surface area contributed by atoms with Crippen LogP contribution in [0.15, 0.2) is 41.2 Å². The SMILES string of the molecule is CN(C)[C@H](CNC(=O)c1ccccn1)c1ccsc1. The largest absolute Gasteiger partial charge is 0.349 e. The van der Waals surface area contributed by atoms with Crippen molar-refractivity contribution in [1.29, 1.82) is 0 Å². The molecule has 2 aromatic heterocycles. The number of carbonyl (C=O) groups is 1. The minimum atomic E-state index is -0.136. The van der Waals surface area contributed by atoms with Crippen molar-refractivity contribution in [3.63, 3.8) is 0 Å². The Morgan fingerprint density at radius 3 is 2.84 bits per heavy atom. The van der Waals surface area contributed by atoms with Gasteiger partial charge in [-0.3, -0.25) is 9.78 Å². The van der Waals surface area contributed by atoms with Gasteiger partial charge in [-0.25, -0.2) is 0 Å². The van der Waals surface area contributed by atoms with E-state index in [1.54, 1.807) is 29.7 Å². The van der Waals surface area contributed by atoms with E-state index in [-0.39, 0.29) is 11.9 Å². The number of nitrogens with one attached hydrogen (secondary N) is 1. The molecule has 0 radical (unpaired) electrons. The second kappa shape index (κ2) is 6.45. The Balaban J connectivity index is 1.98. The van der Waals surface area contributed by atoms with Crippen LogP contribution in [-0.4, -0.2) is 36.4 Å². The minimum absolute atomic E-state index is 0.136. The maximum absolute atomic E-state index is 12.0. The third-order valence-electron chi connectivity index (χ3n) is 2.90. The summed E-state index contributed by atoms with van der Waals surface area (Å²) >= 11 is 1.66. The van der Waals surface area contributed by atoms with Gasteiger partial charge in [-0.1, -0.05) is 6.07 Å². The summed E-state index contributed by atoms with van der Waals surface area (Å²) in [6.45, 7) is 0.569. The second-order valence-corrected chi connectivity index (χ2v) is 5.24. The molecule has 0 aliphatic rings. The number of likely N-dealkylation sites (N-methyl/N-ethyl adjacent to an activating group) is 1. The lowest BCUT2D eigenvalue weighted by atomic mass is 10.1. The van der Waals surface area contributed by atoms with E-state index >= 15 is 0 Å². The molecule has 100 valence electrons. The number of amides is 1. The van der Waals surface area contributed by atoms with E-state index in [1.807, 2.05) is 25.5 Å². The highest BCUT2D eigenvalue weighted by Crippen LogP contribution is 2.19. The average Bonchev–Trinajstić information content (AvgIpc) is 2.93. The van der Waals surface area contributed by atoms with Crippen LogP contribution in [0.4, 0.5) is 0 Å². The molecule has 0 fully saturated rings. The zero-order valence-corrected chi connectivity index (χ0v) is 11.9. The quantitative estimate of drug-likeness (QED) is 0.909. The van der Waals surface area contributed by atoms with Crippen molar-refractivity contribution < 1.29 is 4.79 Å². The summed E-state index contributed by atoms with van der Waals surface area (Å²) in [7, 11) is 4.02. The molecule has 0 bridgehead atoms. The third-order valence-corrected chi connectivity index (χ3v) is 3.61. The lowest BCUT2D eigenvalue weighted by Gasteiger charge is -2.23. The molecule has 1 amide bonds. The first-order valence-electron chi connectivity index (χ1n) is 6.06. The fourth-order valence-corrected chi connectivity index (χ4v) is 2.55. The van der Waals surface area contributed by atoms with Crippen molar-refractivity contribution in [2.24, 2.45) is 0 Å². The van der Waals surface area contributed by atoms with Crippen LogP contribution < -0.4 is 5.32 Å². The predicted molar refractivity (Wildman–Crippen MR) is 77.3 cm³/mol. The van der Waals surface area contributed by atoms with Crippen LogP contribution in [0, 0.1) is 0 Å². The average molecular weight is 275 g/mol. The number of aromatic nitrogens is 1. The summed E-state index contributed by atoms with van der Waals surface area (Å²) in [4.78, 5) is 18.1. The number of hydrogen-bond donors (Lipinski definition) is 1. The summed E-state index contributed by atoms with van der Waals surface area (Å²) < 4.78 is 0. The molecular weight excluding hydrogens is 258 g/mol. The van der Waals surface area contributed by atoms with Crippen molar-refractivity contribution in [3.05, 3.63) is 52.5 Å². The Bertz CT molecular complexity index is 511. The van der Waals surface area contributed by atoms with Crippen molar-refractivity contribution >= 4 is 17.2 Å². The number of carbonyl (C=O) groups excluding carboxylic acids is 1. The molecule has 5 heteroatoms. The van der Waals surface area contributed by atoms with Crippen molar-refractivity contribution in [1.82, 2.24) is 15.2 Å². The predicted octanol–water partition coefficient (Wildman–Crippen LogP) is 2.18. The van der Waals surface area contributed by atoms with Gasteiger partial charge in [-0.2, -0.15) is 11.3 Å². The zero-order valence-electron chi connectivity index (χ0n) is 11.0. The Hall–Kier alpha value is -1.72. The normalized spacial score (nSPS) is 12.4. The molecule has 2 heterocycles. The van der Waals surface area contributed by atoms with Gasteiger partial charge in [0.05, 0.1) is 6.04 Å². The van der Waals surface area contributed by atoms with E-state index in [0.29, 0.717) is 12.2 Å². The van der Waals surface area contributed by atoms with E-state index in [4.69, 9.17) is 0 Å². The monoisotopic (exact) mass is 275 g/mol. The van der Waals surface area contributed by atoms with Gasteiger partial charge in [0.25, 0.3) is 5.91 Å². The molecule has 0 aliphatic heterocycles. The Kier molecular flexibility index (Phi) is 4.65. The molecule has 1 atom stereocenters. The highest BCUT2D eigenvalue weighted by molar-refractivity contribution is 7.07. The van der Waals surface area contributed by atoms with Gasteiger partial charge in [-0.15, -0.1) is 0 Å². The standard InChI is InChI=1S/C14H17N3OS/c1-17(2)13(11-6-8-19-10-11)9-16-14(18)12-5-3-4-7-15-12/h3-8,10,13H,9H2,1-2H3,(H,16,18)/t13-/m1/s1. The first kappa shape index (κ1) is 13.7. The summed E-state index contributed by atoms with van der Waals surface area (Å²) in [6.07, 6.45) is 1.62. The molecule has 0 aliphatic carbocycles. The first-order chi connectivity index (χ1) is 9.18. The molecule has 0 saturated heterocycles. The fourth-order valence-electron chi connectivity index (χ4n) is 1.84. The molecule has 0 aromatic carbocycles. The Morgan fingerprint density at radius 1 is 1.42 bits per heavy atom. The van der Waals surface area contributed by atoms with Crippen molar-refractivity contribution in [3.8, 4) is 0 Å². The number of pyridine rings is 1. The summed E-state index contributed by atoms with van der Waals surface area (Å²) in [5.74, 6) is -0.136. The Labute approximate surface area is 117 Å². The van der Waals surface area contributed by atoms with Gasteiger partial charge in [0, 0.05) is 12.7 Å². The highest BCUT2D eigenvalue weighted by Gasteiger charge is 2.16. The fraction of sp³-hybridized carbons (Fsp3) is 0.286. The van der Waals surface area contributed by atoms with E-state index < -0.39 is 0 Å². The number of thiophene rings is 1. The smallest absolute Gasteiger partial charge is 0.269 e. The summed E-state index contributed by atoms with van der Waals surface area (Å²) in [5, 5.41) is 7.09. The number of nitrogens with zero attached hydrogens (tertiary/aromatic N) is 2. The maximum atomic E-state index is 12.0. The van der Waals surface area contributed by atoms with E-state index in [1.165, 1.54) is 5.56 Å². The van der Waals surface area contributed by atoms with E-state index in [9.17, 15) is 4.79 Å². The lowest BCUT2D eigenvalue weighted by Crippen LogP contribution is -2.34. The van der Waals surface area contributed by atoms with Gasteiger partial charge in [-0.05, 0) is 48.6 Å². The Morgan fingerprint density at radius 2 is 2.26 bits per heavy atom. The van der Waals surface area contributed by atoms with Crippen molar-refractivity contribution in [2.75, 3.05) is 20.6 Å². The topological polar surface area (TPSA) is 45.2 Å². The zero-order chi connectivity index (χ0) is 13.7. The minimum Gasteiger partial charge on any atom is -0.349 e. The van der Waals surface area contributed by atoms with Crippen LogP contribution in [0.5, 0.6) is 0 Å². The first-order valence-corrected chi connectivity index (χ1v) is 7.00. The van der Waals surface area contributed by atoms with Crippen LogP contribution in [0.2, 0.25) is 0 Å². The molecule has 2 rings (SSSR count). The van der Waals surface area contributed by atoms with Crippen LogP contribution in [0.1, 0.15) is 22.1 Å². The molecule has 0 unspecified atom stereocenters. The summed E-state index contributed by atoms with van der Waals surface area (Å²) in [6, 6.07) is 7.58. The van der Waals surface area contributed by atoms with Gasteiger partial charge in [0.1, 0.15) is 5.69 Å². The van der Waals surface area contributed by atoms with E-state index in [0.717, 1.165) is 0 Å². The maximum Gasteiger partial charge on any atom is 0.269 e. The number of rotatable bonds is 5. The van der Waals surface area contributed by atoms with Gasteiger partial charge < -0.3 is 10.2 Å². The summed E-state index contributed by atoms with van der Waals surface area (Å²) in [5.41, 5.74) is 1.67. The highest BCUT2D eigenvalue weighted by atomic mass is 32.1. The molecule has 0 spiro atoms. The molecule has 0 saturated carbocycles. The molecule has 4 nitrogen and oxygen atoms in total. The van der Waals surface area contributed by atoms with Gasteiger partial charge in [0.2, 0.25) is 0 Å². The molecule has 1 N–H and O–H groups in total. The second-order valence-electron chi connectivity index (χ2n) is 4.46.